The Balaban J connectivity index is 1.44. The van der Waals surface area contributed by atoms with Gasteiger partial charge in [-0.3, -0.25) is 14.9 Å². The van der Waals surface area contributed by atoms with Gasteiger partial charge in [0.15, 0.2) is 5.76 Å². The number of hydrogen-bond donors (Lipinski definition) is 2. The van der Waals surface area contributed by atoms with Crippen molar-refractivity contribution >= 4 is 17.3 Å². The van der Waals surface area contributed by atoms with Gasteiger partial charge in [0.1, 0.15) is 29.6 Å². The Morgan fingerprint density at radius 3 is 2.59 bits per heavy atom. The van der Waals surface area contributed by atoms with Crippen LogP contribution in [0.15, 0.2) is 65.1 Å². The van der Waals surface area contributed by atoms with Crippen molar-refractivity contribution in [3.8, 4) is 5.75 Å². The first-order chi connectivity index (χ1) is 14.0. The molecule has 3 rings (SSSR count). The standard InChI is InChI=1S/C20H18FN3O5/c21-14-5-7-15(8-6-14)28-13-16-9-10-19(29-16)20(25)23-12-11-22-17-3-1-2-4-18(17)24(26)27/h1-10,22H,11-13H2,(H,23,25). The maximum atomic E-state index is 12.9. The molecular weight excluding hydrogens is 381 g/mol. The van der Waals surface area contributed by atoms with Crippen LogP contribution in [0.25, 0.3) is 0 Å². The van der Waals surface area contributed by atoms with Gasteiger partial charge in [-0.2, -0.15) is 0 Å². The molecule has 0 aliphatic rings. The molecule has 3 aromatic rings. The van der Waals surface area contributed by atoms with Crippen LogP contribution in [0.2, 0.25) is 0 Å². The van der Waals surface area contributed by atoms with Crippen molar-refractivity contribution in [2.45, 2.75) is 6.61 Å². The Hall–Kier alpha value is -3.88. The van der Waals surface area contributed by atoms with Crippen LogP contribution in [0.5, 0.6) is 5.75 Å². The lowest BCUT2D eigenvalue weighted by Gasteiger charge is -2.07. The summed E-state index contributed by atoms with van der Waals surface area (Å²) in [7, 11) is 0. The molecule has 9 heteroatoms. The van der Waals surface area contributed by atoms with Crippen LogP contribution in [-0.4, -0.2) is 23.9 Å². The molecule has 0 bridgehead atoms. The number of furan rings is 1. The van der Waals surface area contributed by atoms with Crippen LogP contribution in [-0.2, 0) is 6.61 Å². The molecule has 1 amide bonds. The summed E-state index contributed by atoms with van der Waals surface area (Å²) in [6.07, 6.45) is 0. The number of para-hydroxylation sites is 2. The fourth-order valence-corrected chi connectivity index (χ4v) is 2.51. The third-order valence-corrected chi connectivity index (χ3v) is 3.91. The van der Waals surface area contributed by atoms with Crippen LogP contribution in [0.1, 0.15) is 16.3 Å². The van der Waals surface area contributed by atoms with E-state index >= 15 is 0 Å². The molecule has 1 aromatic heterocycles. The normalized spacial score (nSPS) is 10.4. The van der Waals surface area contributed by atoms with Gasteiger partial charge in [-0.25, -0.2) is 4.39 Å². The lowest BCUT2D eigenvalue weighted by Crippen LogP contribution is -2.28. The second-order valence-electron chi connectivity index (χ2n) is 5.97. The van der Waals surface area contributed by atoms with E-state index in [9.17, 15) is 19.3 Å². The van der Waals surface area contributed by atoms with Crippen LogP contribution in [0.4, 0.5) is 15.8 Å². The van der Waals surface area contributed by atoms with Crippen molar-refractivity contribution in [2.75, 3.05) is 18.4 Å². The van der Waals surface area contributed by atoms with Gasteiger partial charge in [0.05, 0.1) is 4.92 Å². The molecule has 2 N–H and O–H groups in total. The number of amides is 1. The quantitative estimate of drug-likeness (QED) is 0.322. The lowest BCUT2D eigenvalue weighted by atomic mass is 10.2. The Morgan fingerprint density at radius 1 is 1.07 bits per heavy atom. The molecule has 150 valence electrons. The molecule has 2 aromatic carbocycles. The molecule has 0 saturated carbocycles. The van der Waals surface area contributed by atoms with Gasteiger partial charge in [0.25, 0.3) is 11.6 Å². The number of ether oxygens (including phenoxy) is 1. The number of carbonyl (C=O) groups excluding carboxylic acids is 1. The highest BCUT2D eigenvalue weighted by Crippen LogP contribution is 2.22. The zero-order chi connectivity index (χ0) is 20.6. The minimum absolute atomic E-state index is 0.0318. The van der Waals surface area contributed by atoms with Gasteiger partial charge in [-0.15, -0.1) is 0 Å². The molecule has 0 saturated heterocycles. The fourth-order valence-electron chi connectivity index (χ4n) is 2.51. The highest BCUT2D eigenvalue weighted by molar-refractivity contribution is 5.91. The molecular formula is C20H18FN3O5. The third-order valence-electron chi connectivity index (χ3n) is 3.91. The van der Waals surface area contributed by atoms with E-state index in [4.69, 9.17) is 9.15 Å². The van der Waals surface area contributed by atoms with Gasteiger partial charge in [0.2, 0.25) is 0 Å². The average molecular weight is 399 g/mol. The molecule has 0 fully saturated rings. The molecule has 8 nitrogen and oxygen atoms in total. The SMILES string of the molecule is O=C(NCCNc1ccccc1[N+](=O)[O-])c1ccc(COc2ccc(F)cc2)o1. The molecule has 29 heavy (non-hydrogen) atoms. The van der Waals surface area contributed by atoms with Crippen molar-refractivity contribution in [1.82, 2.24) is 5.32 Å². The van der Waals surface area contributed by atoms with Gasteiger partial charge < -0.3 is 19.8 Å². The Bertz CT molecular complexity index is 988. The number of nitro groups is 1. The van der Waals surface area contributed by atoms with E-state index in [1.54, 1.807) is 24.3 Å². The van der Waals surface area contributed by atoms with Gasteiger partial charge in [0, 0.05) is 19.2 Å². The minimum Gasteiger partial charge on any atom is -0.486 e. The number of hydrogen-bond acceptors (Lipinski definition) is 6. The van der Waals surface area contributed by atoms with Crippen LogP contribution >= 0.6 is 0 Å². The van der Waals surface area contributed by atoms with E-state index in [1.165, 1.54) is 36.4 Å². The van der Waals surface area contributed by atoms with E-state index in [0.717, 1.165) is 0 Å². The zero-order valence-corrected chi connectivity index (χ0v) is 15.3. The van der Waals surface area contributed by atoms with Crippen molar-refractivity contribution in [3.05, 3.63) is 88.1 Å². The lowest BCUT2D eigenvalue weighted by molar-refractivity contribution is -0.384. The van der Waals surface area contributed by atoms with Crippen LogP contribution < -0.4 is 15.4 Å². The first-order valence-electron chi connectivity index (χ1n) is 8.75. The topological polar surface area (TPSA) is 107 Å². The number of rotatable bonds is 9. The predicted octanol–water partition coefficient (Wildman–Crippen LogP) is 3.75. The number of nitrogens with zero attached hydrogens (tertiary/aromatic N) is 1. The van der Waals surface area contributed by atoms with Crippen LogP contribution in [0.3, 0.4) is 0 Å². The van der Waals surface area contributed by atoms with Gasteiger partial charge in [-0.1, -0.05) is 12.1 Å². The summed E-state index contributed by atoms with van der Waals surface area (Å²) in [6.45, 7) is 0.642. The summed E-state index contributed by atoms with van der Waals surface area (Å²) in [5.41, 5.74) is 0.348. The van der Waals surface area contributed by atoms with Crippen LogP contribution in [0, 0.1) is 15.9 Å². The number of halogens is 1. The summed E-state index contributed by atoms with van der Waals surface area (Å²) in [5, 5.41) is 16.5. The van der Waals surface area contributed by atoms with E-state index in [0.29, 0.717) is 23.7 Å². The molecule has 0 aliphatic heterocycles. The highest BCUT2D eigenvalue weighted by Gasteiger charge is 2.13. The first-order valence-corrected chi connectivity index (χ1v) is 8.75. The predicted molar refractivity (Wildman–Crippen MR) is 103 cm³/mol. The zero-order valence-electron chi connectivity index (χ0n) is 15.3. The van der Waals surface area contributed by atoms with Crippen molar-refractivity contribution in [1.29, 1.82) is 0 Å². The molecule has 0 atom stereocenters. The Morgan fingerprint density at radius 2 is 1.83 bits per heavy atom. The minimum atomic E-state index is -0.473. The maximum Gasteiger partial charge on any atom is 0.292 e. The van der Waals surface area contributed by atoms with Gasteiger partial charge in [-0.05, 0) is 42.5 Å². The number of carbonyl (C=O) groups is 1. The summed E-state index contributed by atoms with van der Waals surface area (Å²) < 4.78 is 23.8. The summed E-state index contributed by atoms with van der Waals surface area (Å²) in [4.78, 5) is 22.6. The van der Waals surface area contributed by atoms with E-state index in [1.807, 2.05) is 0 Å². The van der Waals surface area contributed by atoms with E-state index < -0.39 is 10.8 Å². The number of anilines is 1. The summed E-state index contributed by atoms with van der Waals surface area (Å²) in [6, 6.07) is 15.0. The third kappa shape index (κ3) is 5.55. The fraction of sp³-hybridized carbons (Fsp3) is 0.150. The summed E-state index contributed by atoms with van der Waals surface area (Å²) >= 11 is 0. The molecule has 0 aliphatic carbocycles. The highest BCUT2D eigenvalue weighted by atomic mass is 19.1. The summed E-state index contributed by atoms with van der Waals surface area (Å²) in [5.74, 6) is 0.272. The van der Waals surface area contributed by atoms with Crippen molar-refractivity contribution in [3.63, 3.8) is 0 Å². The van der Waals surface area contributed by atoms with E-state index in [2.05, 4.69) is 10.6 Å². The van der Waals surface area contributed by atoms with Crippen molar-refractivity contribution < 1.29 is 23.3 Å². The molecule has 0 radical (unpaired) electrons. The maximum absolute atomic E-state index is 12.9. The molecule has 0 spiro atoms. The monoisotopic (exact) mass is 399 g/mol. The number of benzene rings is 2. The Labute approximate surface area is 165 Å². The van der Waals surface area contributed by atoms with E-state index in [-0.39, 0.29) is 30.4 Å². The largest absolute Gasteiger partial charge is 0.486 e. The first kappa shape index (κ1) is 19.9. The smallest absolute Gasteiger partial charge is 0.292 e. The number of nitrogens with one attached hydrogen (secondary N) is 2. The molecule has 1 heterocycles. The van der Waals surface area contributed by atoms with Gasteiger partial charge >= 0.3 is 0 Å². The number of nitro benzene ring substituents is 1. The average Bonchev–Trinajstić information content (AvgIpc) is 3.20. The second-order valence-corrected chi connectivity index (χ2v) is 5.97. The molecule has 0 unspecified atom stereocenters. The van der Waals surface area contributed by atoms with Crippen molar-refractivity contribution in [2.24, 2.45) is 0 Å². The Kier molecular flexibility index (Phi) is 6.41. The second kappa shape index (κ2) is 9.36.